The monoisotopic (exact) mass is 388 g/mol. The molecule has 0 unspecified atom stereocenters. The lowest BCUT2D eigenvalue weighted by atomic mass is 10.1. The van der Waals surface area contributed by atoms with Crippen LogP contribution in [0.4, 0.5) is 5.82 Å². The predicted octanol–water partition coefficient (Wildman–Crippen LogP) is 4.64. The molecule has 6 heteroatoms. The van der Waals surface area contributed by atoms with Gasteiger partial charge in [-0.25, -0.2) is 4.98 Å². The van der Waals surface area contributed by atoms with Gasteiger partial charge < -0.3 is 14.8 Å². The maximum absolute atomic E-state index is 5.57. The molecule has 0 aliphatic rings. The fraction of sp³-hybridized carbons (Fsp3) is 0.217. The van der Waals surface area contributed by atoms with Crippen LogP contribution in [0.15, 0.2) is 54.6 Å². The highest BCUT2D eigenvalue weighted by Crippen LogP contribution is 2.35. The smallest absolute Gasteiger partial charge is 0.165 e. The number of fused-ring (bicyclic) bond motifs is 1. The first-order valence-electron chi connectivity index (χ1n) is 9.48. The van der Waals surface area contributed by atoms with Crippen molar-refractivity contribution in [1.82, 2.24) is 14.6 Å². The van der Waals surface area contributed by atoms with Crippen LogP contribution in [-0.2, 0) is 6.54 Å². The van der Waals surface area contributed by atoms with E-state index in [1.54, 1.807) is 14.2 Å². The first kappa shape index (κ1) is 18.8. The molecule has 148 valence electrons. The quantitative estimate of drug-likeness (QED) is 0.521. The molecule has 0 aliphatic heterocycles. The Morgan fingerprint density at radius 2 is 1.72 bits per heavy atom. The number of aryl methyl sites for hydroxylation is 2. The third-order valence-electron chi connectivity index (χ3n) is 4.90. The van der Waals surface area contributed by atoms with Gasteiger partial charge in [0.05, 0.1) is 25.5 Å². The molecule has 4 rings (SSSR count). The minimum absolute atomic E-state index is 0.672. The molecule has 2 aromatic heterocycles. The summed E-state index contributed by atoms with van der Waals surface area (Å²) in [4.78, 5) is 4.77. The zero-order valence-electron chi connectivity index (χ0n) is 17.1. The van der Waals surface area contributed by atoms with E-state index in [-0.39, 0.29) is 0 Å². The van der Waals surface area contributed by atoms with Gasteiger partial charge in [0.15, 0.2) is 5.65 Å². The summed E-state index contributed by atoms with van der Waals surface area (Å²) in [6.45, 7) is 4.66. The molecule has 0 spiro atoms. The van der Waals surface area contributed by atoms with E-state index in [0.29, 0.717) is 6.54 Å². The summed E-state index contributed by atoms with van der Waals surface area (Å²) in [7, 11) is 3.35. The normalized spacial score (nSPS) is 10.9. The van der Waals surface area contributed by atoms with Crippen LogP contribution < -0.4 is 14.8 Å². The zero-order valence-corrected chi connectivity index (χ0v) is 17.1. The predicted molar refractivity (Wildman–Crippen MR) is 115 cm³/mol. The van der Waals surface area contributed by atoms with E-state index in [1.165, 1.54) is 0 Å². The van der Waals surface area contributed by atoms with Gasteiger partial charge >= 0.3 is 0 Å². The summed E-state index contributed by atoms with van der Waals surface area (Å²) in [6.07, 6.45) is 0. The number of benzene rings is 2. The molecule has 0 saturated carbocycles. The summed E-state index contributed by atoms with van der Waals surface area (Å²) in [6, 6.07) is 18.0. The van der Waals surface area contributed by atoms with Crippen molar-refractivity contribution >= 4 is 11.5 Å². The van der Waals surface area contributed by atoms with E-state index < -0.39 is 0 Å². The second-order valence-corrected chi connectivity index (χ2v) is 6.88. The zero-order chi connectivity index (χ0) is 20.4. The summed E-state index contributed by atoms with van der Waals surface area (Å²) >= 11 is 0. The molecule has 4 aromatic rings. The standard InChI is InChI=1S/C23H24N4O2/c1-15-13-21(24-14-17-9-11-18(28-3)12-10-17)27-23(25-15)22(16(2)26-27)19-7-5-6-8-20(19)29-4/h5-13,24H,14H2,1-4H3. The topological polar surface area (TPSA) is 60.7 Å². The third-order valence-corrected chi connectivity index (χ3v) is 4.90. The Kier molecular flexibility index (Phi) is 5.08. The molecule has 0 bridgehead atoms. The molecule has 29 heavy (non-hydrogen) atoms. The number of nitrogens with one attached hydrogen (secondary N) is 1. The van der Waals surface area contributed by atoms with Crippen molar-refractivity contribution in [3.8, 4) is 22.6 Å². The lowest BCUT2D eigenvalue weighted by molar-refractivity contribution is 0.414. The lowest BCUT2D eigenvalue weighted by Crippen LogP contribution is -2.07. The molecule has 2 heterocycles. The van der Waals surface area contributed by atoms with Crippen molar-refractivity contribution in [3.05, 3.63) is 71.5 Å². The van der Waals surface area contributed by atoms with Crippen LogP contribution in [0.2, 0.25) is 0 Å². The van der Waals surface area contributed by atoms with E-state index in [0.717, 1.165) is 51.0 Å². The average molecular weight is 388 g/mol. The van der Waals surface area contributed by atoms with Crippen LogP contribution in [-0.4, -0.2) is 28.8 Å². The number of hydrogen-bond acceptors (Lipinski definition) is 5. The Hall–Kier alpha value is -3.54. The van der Waals surface area contributed by atoms with E-state index in [4.69, 9.17) is 19.6 Å². The number of methoxy groups -OCH3 is 2. The molecule has 6 nitrogen and oxygen atoms in total. The van der Waals surface area contributed by atoms with E-state index in [2.05, 4.69) is 5.32 Å². The first-order valence-corrected chi connectivity index (χ1v) is 9.48. The van der Waals surface area contributed by atoms with Crippen molar-refractivity contribution in [2.45, 2.75) is 20.4 Å². The molecule has 1 N–H and O–H groups in total. The van der Waals surface area contributed by atoms with Gasteiger partial charge in [-0.15, -0.1) is 0 Å². The van der Waals surface area contributed by atoms with Gasteiger partial charge in [-0.2, -0.15) is 9.61 Å². The Balaban J connectivity index is 1.74. The molecule has 0 atom stereocenters. The van der Waals surface area contributed by atoms with Crippen LogP contribution in [0.1, 0.15) is 17.0 Å². The van der Waals surface area contributed by atoms with E-state index >= 15 is 0 Å². The van der Waals surface area contributed by atoms with E-state index in [9.17, 15) is 0 Å². The summed E-state index contributed by atoms with van der Waals surface area (Å²) in [5.74, 6) is 2.55. The number of rotatable bonds is 6. The van der Waals surface area contributed by atoms with Gasteiger partial charge in [-0.3, -0.25) is 0 Å². The van der Waals surface area contributed by atoms with Crippen LogP contribution in [0.3, 0.4) is 0 Å². The van der Waals surface area contributed by atoms with Gasteiger partial charge in [0, 0.05) is 23.9 Å². The van der Waals surface area contributed by atoms with Crippen molar-refractivity contribution < 1.29 is 9.47 Å². The Labute approximate surface area is 170 Å². The Morgan fingerprint density at radius 3 is 2.45 bits per heavy atom. The van der Waals surface area contributed by atoms with Gasteiger partial charge in [-0.1, -0.05) is 30.3 Å². The van der Waals surface area contributed by atoms with Crippen molar-refractivity contribution in [2.75, 3.05) is 19.5 Å². The highest BCUT2D eigenvalue weighted by atomic mass is 16.5. The molecular formula is C23H24N4O2. The van der Waals surface area contributed by atoms with Gasteiger partial charge in [0.2, 0.25) is 0 Å². The third kappa shape index (κ3) is 3.61. The second kappa shape index (κ2) is 7.83. The second-order valence-electron chi connectivity index (χ2n) is 6.88. The molecular weight excluding hydrogens is 364 g/mol. The number of para-hydroxylation sites is 1. The van der Waals surface area contributed by atoms with Crippen LogP contribution in [0.25, 0.3) is 16.8 Å². The molecule has 2 aromatic carbocycles. The summed E-state index contributed by atoms with van der Waals surface area (Å²) in [5, 5.41) is 8.25. The first-order chi connectivity index (χ1) is 14.1. The largest absolute Gasteiger partial charge is 0.497 e. The molecule has 0 amide bonds. The number of hydrogen-bond donors (Lipinski definition) is 1. The van der Waals surface area contributed by atoms with Crippen molar-refractivity contribution in [1.29, 1.82) is 0 Å². The number of anilines is 1. The highest BCUT2D eigenvalue weighted by molar-refractivity contribution is 5.84. The maximum Gasteiger partial charge on any atom is 0.165 e. The molecule has 0 fully saturated rings. The molecule has 0 saturated heterocycles. The van der Waals surface area contributed by atoms with Gasteiger partial charge in [0.1, 0.15) is 17.3 Å². The minimum Gasteiger partial charge on any atom is -0.497 e. The van der Waals surface area contributed by atoms with Gasteiger partial charge in [-0.05, 0) is 37.6 Å². The molecule has 0 radical (unpaired) electrons. The number of ether oxygens (including phenoxy) is 2. The van der Waals surface area contributed by atoms with Crippen LogP contribution in [0.5, 0.6) is 11.5 Å². The average Bonchev–Trinajstić information content (AvgIpc) is 3.07. The lowest BCUT2D eigenvalue weighted by Gasteiger charge is -2.11. The highest BCUT2D eigenvalue weighted by Gasteiger charge is 2.18. The SMILES string of the molecule is COc1ccc(CNc2cc(C)nc3c(-c4ccccc4OC)c(C)nn23)cc1. The minimum atomic E-state index is 0.672. The van der Waals surface area contributed by atoms with Crippen LogP contribution in [0, 0.1) is 13.8 Å². The number of aromatic nitrogens is 3. The van der Waals surface area contributed by atoms with Crippen molar-refractivity contribution in [3.63, 3.8) is 0 Å². The van der Waals surface area contributed by atoms with Gasteiger partial charge in [0.25, 0.3) is 0 Å². The van der Waals surface area contributed by atoms with E-state index in [1.807, 2.05) is 73.0 Å². The van der Waals surface area contributed by atoms with Crippen LogP contribution >= 0.6 is 0 Å². The fourth-order valence-corrected chi connectivity index (χ4v) is 3.47. The van der Waals surface area contributed by atoms with Crippen molar-refractivity contribution in [2.24, 2.45) is 0 Å². The fourth-order valence-electron chi connectivity index (χ4n) is 3.47. The maximum atomic E-state index is 5.57. The number of nitrogens with zero attached hydrogens (tertiary/aromatic N) is 3. The summed E-state index contributed by atoms with van der Waals surface area (Å²) < 4.78 is 12.7. The molecule has 0 aliphatic carbocycles. The Bertz CT molecular complexity index is 1150. The summed E-state index contributed by atoms with van der Waals surface area (Å²) in [5.41, 5.74) is 5.76. The Morgan fingerprint density at radius 1 is 0.966 bits per heavy atom.